The maximum Gasteiger partial charge on any atom is 0.322 e. The summed E-state index contributed by atoms with van der Waals surface area (Å²) < 4.78 is 32.7. The number of carbonyl (C=O) groups excluding carboxylic acids is 1. The number of hydrogen-bond donors (Lipinski definition) is 1. The SMILES string of the molecule is O=C(Nc1nnc(Cc2ccccc2)o1)c1ccc(S(=O)(=O)N2CCCCCC2)cc1. The molecule has 1 N–H and O–H groups in total. The van der Waals surface area contributed by atoms with Crippen LogP contribution in [-0.4, -0.2) is 41.9 Å². The van der Waals surface area contributed by atoms with Crippen molar-refractivity contribution in [1.82, 2.24) is 14.5 Å². The van der Waals surface area contributed by atoms with Gasteiger partial charge in [0.2, 0.25) is 15.9 Å². The van der Waals surface area contributed by atoms with Gasteiger partial charge in [0.15, 0.2) is 0 Å². The summed E-state index contributed by atoms with van der Waals surface area (Å²) in [5.74, 6) is -0.0611. The monoisotopic (exact) mass is 440 g/mol. The molecule has 162 valence electrons. The van der Waals surface area contributed by atoms with Gasteiger partial charge in [-0.15, -0.1) is 5.10 Å². The lowest BCUT2D eigenvalue weighted by Crippen LogP contribution is -2.31. The summed E-state index contributed by atoms with van der Waals surface area (Å²) in [6.07, 6.45) is 4.31. The molecule has 1 saturated heterocycles. The highest BCUT2D eigenvalue weighted by Crippen LogP contribution is 2.21. The van der Waals surface area contributed by atoms with Crippen LogP contribution in [0.5, 0.6) is 0 Å². The van der Waals surface area contributed by atoms with Crippen molar-refractivity contribution < 1.29 is 17.6 Å². The van der Waals surface area contributed by atoms with E-state index in [1.807, 2.05) is 30.3 Å². The fourth-order valence-electron chi connectivity index (χ4n) is 3.52. The quantitative estimate of drug-likeness (QED) is 0.629. The van der Waals surface area contributed by atoms with Crippen LogP contribution in [0.15, 0.2) is 63.9 Å². The lowest BCUT2D eigenvalue weighted by atomic mass is 10.2. The van der Waals surface area contributed by atoms with Gasteiger partial charge >= 0.3 is 6.01 Å². The zero-order chi connectivity index (χ0) is 21.7. The summed E-state index contributed by atoms with van der Waals surface area (Å²) in [5.41, 5.74) is 1.32. The van der Waals surface area contributed by atoms with Crippen LogP contribution in [0, 0.1) is 0 Å². The lowest BCUT2D eigenvalue weighted by molar-refractivity contribution is 0.102. The van der Waals surface area contributed by atoms with Crippen molar-refractivity contribution in [1.29, 1.82) is 0 Å². The smallest absolute Gasteiger partial charge is 0.322 e. The Balaban J connectivity index is 1.40. The minimum absolute atomic E-state index is 0.00260. The predicted molar refractivity (Wildman–Crippen MR) is 115 cm³/mol. The molecule has 0 radical (unpaired) electrons. The zero-order valence-corrected chi connectivity index (χ0v) is 17.8. The van der Waals surface area contributed by atoms with Gasteiger partial charge in [0.1, 0.15) is 0 Å². The van der Waals surface area contributed by atoms with E-state index in [9.17, 15) is 13.2 Å². The minimum atomic E-state index is -3.55. The maximum absolute atomic E-state index is 12.9. The van der Waals surface area contributed by atoms with E-state index in [-0.39, 0.29) is 10.9 Å². The molecule has 2 aromatic carbocycles. The Labute approximate surface area is 181 Å². The number of nitrogens with one attached hydrogen (secondary N) is 1. The fraction of sp³-hybridized carbons (Fsp3) is 0.318. The van der Waals surface area contributed by atoms with E-state index in [1.165, 1.54) is 28.6 Å². The molecule has 1 aliphatic rings. The van der Waals surface area contributed by atoms with Crippen molar-refractivity contribution in [3.8, 4) is 0 Å². The van der Waals surface area contributed by atoms with Gasteiger partial charge in [-0.3, -0.25) is 10.1 Å². The summed E-state index contributed by atoms with van der Waals surface area (Å²) in [6, 6.07) is 15.6. The second kappa shape index (κ2) is 9.40. The Morgan fingerprint density at radius 1 is 0.935 bits per heavy atom. The number of rotatable bonds is 6. The van der Waals surface area contributed by atoms with Gasteiger partial charge in [-0.1, -0.05) is 48.3 Å². The standard InChI is InChI=1S/C22H24N4O4S/c27-21(23-22-25-24-20(30-22)16-17-8-4-3-5-9-17)18-10-12-19(13-11-18)31(28,29)26-14-6-1-2-7-15-26/h3-5,8-13H,1-2,6-7,14-16H2,(H,23,25,27). The lowest BCUT2D eigenvalue weighted by Gasteiger charge is -2.19. The molecular weight excluding hydrogens is 416 g/mol. The molecule has 0 atom stereocenters. The van der Waals surface area contributed by atoms with Gasteiger partial charge in [0.05, 0.1) is 11.3 Å². The van der Waals surface area contributed by atoms with Crippen molar-refractivity contribution in [2.45, 2.75) is 37.0 Å². The molecule has 1 amide bonds. The normalized spacial score (nSPS) is 15.4. The van der Waals surface area contributed by atoms with Crippen molar-refractivity contribution in [2.75, 3.05) is 18.4 Å². The molecule has 2 heterocycles. The Morgan fingerprint density at radius 2 is 1.61 bits per heavy atom. The number of nitrogens with zero attached hydrogens (tertiary/aromatic N) is 3. The van der Waals surface area contributed by atoms with Crippen molar-refractivity contribution >= 4 is 21.9 Å². The van der Waals surface area contributed by atoms with E-state index in [2.05, 4.69) is 15.5 Å². The van der Waals surface area contributed by atoms with Crippen molar-refractivity contribution in [3.05, 3.63) is 71.6 Å². The molecule has 8 nitrogen and oxygen atoms in total. The number of anilines is 1. The van der Waals surface area contributed by atoms with Crippen LogP contribution in [0.1, 0.15) is 47.5 Å². The van der Waals surface area contributed by atoms with E-state index < -0.39 is 15.9 Å². The average Bonchev–Trinajstić information content (AvgIpc) is 3.03. The molecule has 0 saturated carbocycles. The third kappa shape index (κ3) is 5.18. The molecule has 0 spiro atoms. The highest BCUT2D eigenvalue weighted by molar-refractivity contribution is 7.89. The second-order valence-corrected chi connectivity index (χ2v) is 9.40. The molecule has 3 aromatic rings. The van der Waals surface area contributed by atoms with Crippen LogP contribution in [0.25, 0.3) is 0 Å². The third-order valence-corrected chi connectivity index (χ3v) is 7.12. The summed E-state index contributed by atoms with van der Waals surface area (Å²) in [6.45, 7) is 1.07. The Kier molecular flexibility index (Phi) is 6.43. The summed E-state index contributed by atoms with van der Waals surface area (Å²) in [4.78, 5) is 12.7. The number of amides is 1. The number of aromatic nitrogens is 2. The Hall–Kier alpha value is -3.04. The molecule has 0 aliphatic carbocycles. The number of carbonyl (C=O) groups is 1. The van der Waals surface area contributed by atoms with Crippen LogP contribution in [0.3, 0.4) is 0 Å². The van der Waals surface area contributed by atoms with Crippen LogP contribution >= 0.6 is 0 Å². The molecule has 0 bridgehead atoms. The van der Waals surface area contributed by atoms with Crippen LogP contribution in [0.4, 0.5) is 6.01 Å². The van der Waals surface area contributed by atoms with E-state index in [1.54, 1.807) is 0 Å². The first-order valence-electron chi connectivity index (χ1n) is 10.3. The Morgan fingerprint density at radius 3 is 2.29 bits per heavy atom. The predicted octanol–water partition coefficient (Wildman–Crippen LogP) is 3.48. The minimum Gasteiger partial charge on any atom is -0.407 e. The summed E-state index contributed by atoms with van der Waals surface area (Å²) in [7, 11) is -3.55. The topological polar surface area (TPSA) is 105 Å². The second-order valence-electron chi connectivity index (χ2n) is 7.46. The van der Waals surface area contributed by atoms with Gasteiger partial charge in [-0.2, -0.15) is 4.31 Å². The molecule has 9 heteroatoms. The summed E-state index contributed by atoms with van der Waals surface area (Å²) >= 11 is 0. The first-order chi connectivity index (χ1) is 15.0. The molecule has 1 fully saturated rings. The van der Waals surface area contributed by atoms with E-state index in [0.29, 0.717) is 31.0 Å². The van der Waals surface area contributed by atoms with Gasteiger partial charge in [-0.25, -0.2) is 8.42 Å². The van der Waals surface area contributed by atoms with Crippen LogP contribution in [0.2, 0.25) is 0 Å². The molecular formula is C22H24N4O4S. The van der Waals surface area contributed by atoms with E-state index >= 15 is 0 Å². The number of sulfonamides is 1. The van der Waals surface area contributed by atoms with Crippen LogP contribution in [-0.2, 0) is 16.4 Å². The first kappa shape index (κ1) is 21.2. The zero-order valence-electron chi connectivity index (χ0n) is 17.0. The molecule has 1 aromatic heterocycles. The highest BCUT2D eigenvalue weighted by Gasteiger charge is 2.25. The van der Waals surface area contributed by atoms with Gasteiger partial charge < -0.3 is 4.42 Å². The molecule has 1 aliphatic heterocycles. The van der Waals surface area contributed by atoms with E-state index in [0.717, 1.165) is 31.2 Å². The largest absolute Gasteiger partial charge is 0.407 e. The highest BCUT2D eigenvalue weighted by atomic mass is 32.2. The van der Waals surface area contributed by atoms with Crippen LogP contribution < -0.4 is 5.32 Å². The Bertz CT molecular complexity index is 1120. The van der Waals surface area contributed by atoms with Crippen molar-refractivity contribution in [3.63, 3.8) is 0 Å². The fourth-order valence-corrected chi connectivity index (χ4v) is 5.04. The molecule has 4 rings (SSSR count). The van der Waals surface area contributed by atoms with Gasteiger partial charge in [0.25, 0.3) is 5.91 Å². The van der Waals surface area contributed by atoms with Gasteiger partial charge in [0, 0.05) is 18.7 Å². The van der Waals surface area contributed by atoms with Crippen molar-refractivity contribution in [2.24, 2.45) is 0 Å². The molecule has 31 heavy (non-hydrogen) atoms. The first-order valence-corrected chi connectivity index (χ1v) is 11.7. The number of benzene rings is 2. The van der Waals surface area contributed by atoms with Gasteiger partial charge in [-0.05, 0) is 42.7 Å². The summed E-state index contributed by atoms with van der Waals surface area (Å²) in [5, 5.41) is 10.4. The average molecular weight is 441 g/mol. The molecule has 0 unspecified atom stereocenters. The number of hydrogen-bond acceptors (Lipinski definition) is 6. The maximum atomic E-state index is 12.9. The van der Waals surface area contributed by atoms with E-state index in [4.69, 9.17) is 4.42 Å². The third-order valence-electron chi connectivity index (χ3n) is 5.20.